The van der Waals surface area contributed by atoms with Gasteiger partial charge in [-0.2, -0.15) is 0 Å². The van der Waals surface area contributed by atoms with Crippen LogP contribution in [0.5, 0.6) is 5.75 Å². The quantitative estimate of drug-likeness (QED) is 0.797. The SMILES string of the molecule is O=C(O)C(Cc1ccc(O)cc1Cl)CN1CCC2(CC1)OCc1ccccc12. The number of phenolic OH excluding ortho intramolecular Hbond substituents is 1. The van der Waals surface area contributed by atoms with Gasteiger partial charge in [0.2, 0.25) is 0 Å². The number of hydrogen-bond acceptors (Lipinski definition) is 4. The van der Waals surface area contributed by atoms with Crippen LogP contribution in [0.1, 0.15) is 29.5 Å². The Bertz CT molecular complexity index is 877. The molecule has 2 aromatic rings. The summed E-state index contributed by atoms with van der Waals surface area (Å²) in [5.74, 6) is -1.29. The Morgan fingerprint density at radius 2 is 1.96 bits per heavy atom. The first-order chi connectivity index (χ1) is 13.5. The largest absolute Gasteiger partial charge is 0.508 e. The predicted molar refractivity (Wildman–Crippen MR) is 107 cm³/mol. The first-order valence-corrected chi connectivity index (χ1v) is 9.99. The topological polar surface area (TPSA) is 70.0 Å². The van der Waals surface area contributed by atoms with Crippen molar-refractivity contribution in [3.8, 4) is 5.75 Å². The van der Waals surface area contributed by atoms with Crippen LogP contribution in [0, 0.1) is 5.92 Å². The van der Waals surface area contributed by atoms with Crippen molar-refractivity contribution < 1.29 is 19.7 Å². The summed E-state index contributed by atoms with van der Waals surface area (Å²) in [5.41, 5.74) is 3.08. The Hall–Kier alpha value is -2.08. The first-order valence-electron chi connectivity index (χ1n) is 9.62. The molecular formula is C22H24ClNO4. The number of carbonyl (C=O) groups is 1. The second-order valence-electron chi connectivity index (χ2n) is 7.76. The smallest absolute Gasteiger partial charge is 0.308 e. The molecule has 6 heteroatoms. The van der Waals surface area contributed by atoms with E-state index in [4.69, 9.17) is 16.3 Å². The van der Waals surface area contributed by atoms with Crippen LogP contribution in [0.3, 0.4) is 0 Å². The third-order valence-electron chi connectivity index (χ3n) is 6.01. The van der Waals surface area contributed by atoms with Gasteiger partial charge in [-0.05, 0) is 48.1 Å². The van der Waals surface area contributed by atoms with Gasteiger partial charge in [-0.15, -0.1) is 0 Å². The average molecular weight is 402 g/mol. The van der Waals surface area contributed by atoms with E-state index >= 15 is 0 Å². The van der Waals surface area contributed by atoms with E-state index in [0.717, 1.165) is 31.5 Å². The van der Waals surface area contributed by atoms with Crippen LogP contribution in [0.4, 0.5) is 0 Å². The molecule has 0 amide bonds. The van der Waals surface area contributed by atoms with Gasteiger partial charge in [0.1, 0.15) is 5.75 Å². The lowest BCUT2D eigenvalue weighted by Crippen LogP contribution is -2.45. The zero-order valence-electron chi connectivity index (χ0n) is 15.6. The standard InChI is InChI=1S/C22H24ClNO4/c23-20-12-18(25)6-5-15(20)11-17(21(26)27)13-24-9-7-22(8-10-24)19-4-2-1-3-16(19)14-28-22/h1-6,12,17,25H,7-11,13-14H2,(H,26,27). The molecule has 0 bridgehead atoms. The van der Waals surface area contributed by atoms with Crippen molar-refractivity contribution >= 4 is 17.6 Å². The number of nitrogens with zero attached hydrogens (tertiary/aromatic N) is 1. The van der Waals surface area contributed by atoms with Crippen LogP contribution in [-0.2, 0) is 28.2 Å². The molecule has 1 atom stereocenters. The maximum Gasteiger partial charge on any atom is 0.308 e. The summed E-state index contributed by atoms with van der Waals surface area (Å²) < 4.78 is 6.19. The average Bonchev–Trinajstić information content (AvgIpc) is 3.03. The Morgan fingerprint density at radius 3 is 2.68 bits per heavy atom. The summed E-state index contributed by atoms with van der Waals surface area (Å²) in [6, 6.07) is 13.1. The van der Waals surface area contributed by atoms with Gasteiger partial charge in [0.25, 0.3) is 0 Å². The number of aliphatic carboxylic acids is 1. The van der Waals surface area contributed by atoms with E-state index in [1.165, 1.54) is 17.2 Å². The van der Waals surface area contributed by atoms with Crippen molar-refractivity contribution in [1.82, 2.24) is 4.90 Å². The van der Waals surface area contributed by atoms with E-state index in [2.05, 4.69) is 23.1 Å². The molecule has 0 saturated carbocycles. The second kappa shape index (κ2) is 7.74. The summed E-state index contributed by atoms with van der Waals surface area (Å²) in [7, 11) is 0. The third-order valence-corrected chi connectivity index (χ3v) is 6.36. The Morgan fingerprint density at radius 1 is 1.21 bits per heavy atom. The number of likely N-dealkylation sites (tertiary alicyclic amines) is 1. The molecule has 2 aliphatic rings. The van der Waals surface area contributed by atoms with Crippen LogP contribution in [0.15, 0.2) is 42.5 Å². The number of rotatable bonds is 5. The predicted octanol–water partition coefficient (Wildman–Crippen LogP) is 3.81. The van der Waals surface area contributed by atoms with Crippen molar-refractivity contribution in [3.63, 3.8) is 0 Å². The van der Waals surface area contributed by atoms with Crippen LogP contribution < -0.4 is 0 Å². The molecule has 2 aromatic carbocycles. The van der Waals surface area contributed by atoms with E-state index in [1.807, 2.05) is 6.07 Å². The zero-order valence-corrected chi connectivity index (χ0v) is 16.4. The van der Waals surface area contributed by atoms with Crippen LogP contribution in [-0.4, -0.2) is 40.7 Å². The van der Waals surface area contributed by atoms with Gasteiger partial charge in [-0.25, -0.2) is 0 Å². The minimum absolute atomic E-state index is 0.0822. The van der Waals surface area contributed by atoms with Crippen molar-refractivity contribution in [2.24, 2.45) is 5.92 Å². The van der Waals surface area contributed by atoms with Crippen molar-refractivity contribution in [3.05, 3.63) is 64.2 Å². The molecule has 1 fully saturated rings. The maximum atomic E-state index is 11.8. The van der Waals surface area contributed by atoms with Gasteiger partial charge < -0.3 is 19.8 Å². The molecule has 2 N–H and O–H groups in total. The number of aromatic hydroxyl groups is 1. The lowest BCUT2D eigenvalue weighted by atomic mass is 9.83. The van der Waals surface area contributed by atoms with Gasteiger partial charge in [-0.3, -0.25) is 4.79 Å². The highest BCUT2D eigenvalue weighted by Crippen LogP contribution is 2.44. The number of ether oxygens (including phenoxy) is 1. The number of carboxylic acids is 1. The molecule has 2 aliphatic heterocycles. The molecule has 28 heavy (non-hydrogen) atoms. The van der Waals surface area contributed by atoms with E-state index in [0.29, 0.717) is 24.6 Å². The molecule has 4 rings (SSSR count). The maximum absolute atomic E-state index is 11.8. The minimum atomic E-state index is -0.827. The number of phenols is 1. The lowest BCUT2D eigenvalue weighted by Gasteiger charge is -2.40. The van der Waals surface area contributed by atoms with Crippen molar-refractivity contribution in [1.29, 1.82) is 0 Å². The van der Waals surface area contributed by atoms with Gasteiger partial charge in [0.05, 0.1) is 18.1 Å². The number of piperidine rings is 1. The summed E-state index contributed by atoms with van der Waals surface area (Å²) in [5, 5.41) is 19.6. The molecule has 1 spiro atoms. The molecule has 148 valence electrons. The van der Waals surface area contributed by atoms with Crippen molar-refractivity contribution in [2.45, 2.75) is 31.5 Å². The second-order valence-corrected chi connectivity index (χ2v) is 8.16. The van der Waals surface area contributed by atoms with Gasteiger partial charge >= 0.3 is 5.97 Å². The number of carboxylic acid groups (broad SMARTS) is 1. The molecule has 0 aliphatic carbocycles. The molecule has 0 radical (unpaired) electrons. The fourth-order valence-electron chi connectivity index (χ4n) is 4.40. The van der Waals surface area contributed by atoms with E-state index in [-0.39, 0.29) is 11.4 Å². The van der Waals surface area contributed by atoms with Crippen LogP contribution >= 0.6 is 11.6 Å². The van der Waals surface area contributed by atoms with Crippen LogP contribution in [0.25, 0.3) is 0 Å². The number of fused-ring (bicyclic) bond motifs is 2. The molecule has 0 aromatic heterocycles. The number of hydrogen-bond donors (Lipinski definition) is 2. The normalized spacial score (nSPS) is 19.5. The monoisotopic (exact) mass is 401 g/mol. The molecule has 2 heterocycles. The highest BCUT2D eigenvalue weighted by Gasteiger charge is 2.42. The van der Waals surface area contributed by atoms with Gasteiger partial charge in [-0.1, -0.05) is 41.9 Å². The van der Waals surface area contributed by atoms with Gasteiger partial charge in [0.15, 0.2) is 0 Å². The van der Waals surface area contributed by atoms with Crippen molar-refractivity contribution in [2.75, 3.05) is 19.6 Å². The van der Waals surface area contributed by atoms with E-state index in [1.54, 1.807) is 12.1 Å². The lowest BCUT2D eigenvalue weighted by molar-refractivity contribution is -0.143. The fraction of sp³-hybridized carbons (Fsp3) is 0.409. The summed E-state index contributed by atoms with van der Waals surface area (Å²) in [6.45, 7) is 2.75. The third kappa shape index (κ3) is 3.75. The summed E-state index contributed by atoms with van der Waals surface area (Å²) >= 11 is 6.17. The number of halogens is 1. The molecule has 1 saturated heterocycles. The van der Waals surface area contributed by atoms with Gasteiger partial charge in [0, 0.05) is 24.7 Å². The Kier molecular flexibility index (Phi) is 5.32. The Balaban J connectivity index is 1.41. The Labute approximate surface area is 169 Å². The van der Waals surface area contributed by atoms with E-state index < -0.39 is 11.9 Å². The highest BCUT2D eigenvalue weighted by molar-refractivity contribution is 6.31. The van der Waals surface area contributed by atoms with E-state index in [9.17, 15) is 15.0 Å². The highest BCUT2D eigenvalue weighted by atomic mass is 35.5. The molecular weight excluding hydrogens is 378 g/mol. The first kappa shape index (κ1) is 19.2. The summed E-state index contributed by atoms with van der Waals surface area (Å²) in [6.07, 6.45) is 2.09. The minimum Gasteiger partial charge on any atom is -0.508 e. The van der Waals surface area contributed by atoms with Crippen LogP contribution in [0.2, 0.25) is 5.02 Å². The number of benzene rings is 2. The zero-order chi connectivity index (χ0) is 19.7. The molecule has 1 unspecified atom stereocenters. The fourth-order valence-corrected chi connectivity index (χ4v) is 4.66. The summed E-state index contributed by atoms with van der Waals surface area (Å²) in [4.78, 5) is 14.0. The molecule has 5 nitrogen and oxygen atoms in total.